The zero-order valence-electron chi connectivity index (χ0n) is 26.9. The molecule has 1 atom stereocenters. The van der Waals surface area contributed by atoms with Gasteiger partial charge in [0.25, 0.3) is 5.91 Å². The predicted molar refractivity (Wildman–Crippen MR) is 173 cm³/mol. The number of aryl methyl sites for hydroxylation is 1. The van der Waals surface area contributed by atoms with Gasteiger partial charge in [0.1, 0.15) is 11.9 Å². The number of rotatable bonds is 14. The Hall–Kier alpha value is -3.76. The third-order valence-corrected chi connectivity index (χ3v) is 8.56. The van der Waals surface area contributed by atoms with Gasteiger partial charge in [-0.15, -0.1) is 0 Å². The van der Waals surface area contributed by atoms with E-state index in [-0.39, 0.29) is 30.2 Å². The Morgan fingerprint density at radius 1 is 1.07 bits per heavy atom. The van der Waals surface area contributed by atoms with E-state index in [4.69, 9.17) is 24.2 Å². The Morgan fingerprint density at radius 3 is 2.53 bits per heavy atom. The summed E-state index contributed by atoms with van der Waals surface area (Å²) in [5.41, 5.74) is 2.84. The molecule has 45 heavy (non-hydrogen) atoms. The van der Waals surface area contributed by atoms with Gasteiger partial charge in [-0.3, -0.25) is 9.59 Å². The molecule has 1 unspecified atom stereocenters. The van der Waals surface area contributed by atoms with E-state index < -0.39 is 0 Å². The second-order valence-corrected chi connectivity index (χ2v) is 12.2. The van der Waals surface area contributed by atoms with Gasteiger partial charge in [0, 0.05) is 37.4 Å². The second-order valence-electron chi connectivity index (χ2n) is 12.2. The van der Waals surface area contributed by atoms with Crippen molar-refractivity contribution in [3.05, 3.63) is 59.4 Å². The van der Waals surface area contributed by atoms with Gasteiger partial charge < -0.3 is 29.0 Å². The van der Waals surface area contributed by atoms with Crippen molar-refractivity contribution in [1.82, 2.24) is 19.4 Å². The quantitative estimate of drug-likeness (QED) is 0.166. The number of benzene rings is 1. The Morgan fingerprint density at radius 2 is 1.84 bits per heavy atom. The molecule has 1 aliphatic heterocycles. The largest absolute Gasteiger partial charge is 0.474 e. The van der Waals surface area contributed by atoms with E-state index >= 15 is 0 Å². The summed E-state index contributed by atoms with van der Waals surface area (Å²) in [5.74, 6) is 1.17. The standard InChI is InChI=1S/C35H47N5O5/c1-25(2)39(20-12-22-44-31-17-10-11-21-43-31)35(42)32-33(36-24-41)38-34(40(32)23-27-13-6-4-7-14-27)29-18-19-30(37-26(29)3)45-28-15-8-5-9-16-28/h4,6-7,13-14,18-19,24-25,28,31H,5,8-12,15-17,20-23H2,1-3H3,(H,36,41). The molecule has 2 amide bonds. The topological polar surface area (TPSA) is 108 Å². The molecular weight excluding hydrogens is 570 g/mol. The Kier molecular flexibility index (Phi) is 11.6. The molecule has 0 bridgehead atoms. The van der Waals surface area contributed by atoms with Gasteiger partial charge in [-0.25, -0.2) is 9.97 Å². The number of hydrogen-bond donors (Lipinski definition) is 1. The van der Waals surface area contributed by atoms with Crippen LogP contribution in [0.2, 0.25) is 0 Å². The van der Waals surface area contributed by atoms with Crippen LogP contribution in [0.25, 0.3) is 11.4 Å². The number of hydrogen-bond acceptors (Lipinski definition) is 7. The highest BCUT2D eigenvalue weighted by atomic mass is 16.7. The number of nitrogens with zero attached hydrogens (tertiary/aromatic N) is 4. The predicted octanol–water partition coefficient (Wildman–Crippen LogP) is 6.37. The molecule has 1 aliphatic carbocycles. The van der Waals surface area contributed by atoms with E-state index in [1.807, 2.05) is 72.7 Å². The Bertz CT molecular complexity index is 1400. The van der Waals surface area contributed by atoms with Crippen LogP contribution < -0.4 is 10.1 Å². The molecular formula is C35H47N5O5. The van der Waals surface area contributed by atoms with Crippen molar-refractivity contribution in [1.29, 1.82) is 0 Å². The van der Waals surface area contributed by atoms with E-state index in [9.17, 15) is 9.59 Å². The maximum Gasteiger partial charge on any atom is 0.274 e. The minimum absolute atomic E-state index is 0.0874. The zero-order valence-corrected chi connectivity index (χ0v) is 26.9. The molecule has 10 nitrogen and oxygen atoms in total. The third kappa shape index (κ3) is 8.49. The van der Waals surface area contributed by atoms with Crippen molar-refractivity contribution in [2.75, 3.05) is 25.1 Å². The van der Waals surface area contributed by atoms with Crippen molar-refractivity contribution in [2.45, 2.75) is 104 Å². The van der Waals surface area contributed by atoms with Crippen molar-refractivity contribution >= 4 is 18.1 Å². The molecule has 2 fully saturated rings. The monoisotopic (exact) mass is 617 g/mol. The number of pyridine rings is 1. The smallest absolute Gasteiger partial charge is 0.274 e. The highest BCUT2D eigenvalue weighted by molar-refractivity contribution is 6.00. The first-order chi connectivity index (χ1) is 21.9. The van der Waals surface area contributed by atoms with E-state index in [1.165, 1.54) is 19.3 Å². The minimum Gasteiger partial charge on any atom is -0.474 e. The minimum atomic E-state index is -0.208. The number of nitrogens with one attached hydrogen (secondary N) is 1. The fraction of sp³-hybridized carbons (Fsp3) is 0.543. The molecule has 1 aromatic carbocycles. The lowest BCUT2D eigenvalue weighted by atomic mass is 9.98. The number of amides is 2. The fourth-order valence-corrected chi connectivity index (χ4v) is 6.17. The SMILES string of the molecule is Cc1nc(OC2CCCCC2)ccc1-c1nc(NC=O)c(C(=O)N(CCCOC2CCCCO2)C(C)C)n1Cc1ccccc1. The molecule has 1 saturated heterocycles. The normalized spacial score (nSPS) is 17.3. The average Bonchev–Trinajstić information content (AvgIpc) is 3.39. The van der Waals surface area contributed by atoms with Crippen LogP contribution in [0.5, 0.6) is 5.88 Å². The third-order valence-electron chi connectivity index (χ3n) is 8.56. The van der Waals surface area contributed by atoms with Crippen molar-refractivity contribution < 1.29 is 23.8 Å². The van der Waals surface area contributed by atoms with Gasteiger partial charge >= 0.3 is 0 Å². The first kappa shape index (κ1) is 32.6. The molecule has 0 spiro atoms. The van der Waals surface area contributed by atoms with Crippen LogP contribution in [0, 0.1) is 6.92 Å². The number of carbonyl (C=O) groups is 2. The molecule has 242 valence electrons. The summed E-state index contributed by atoms with van der Waals surface area (Å²) in [6.07, 6.45) is 10.0. The summed E-state index contributed by atoms with van der Waals surface area (Å²) >= 11 is 0. The van der Waals surface area contributed by atoms with Gasteiger partial charge in [-0.1, -0.05) is 36.8 Å². The van der Waals surface area contributed by atoms with Crippen LogP contribution in [-0.4, -0.2) is 69.9 Å². The van der Waals surface area contributed by atoms with Crippen LogP contribution in [0.4, 0.5) is 5.82 Å². The summed E-state index contributed by atoms with van der Waals surface area (Å²) in [4.78, 5) is 37.6. The van der Waals surface area contributed by atoms with Crippen molar-refractivity contribution in [2.24, 2.45) is 0 Å². The first-order valence-electron chi connectivity index (χ1n) is 16.5. The second kappa shape index (κ2) is 16.0. The first-order valence-corrected chi connectivity index (χ1v) is 16.5. The van der Waals surface area contributed by atoms with Crippen LogP contribution >= 0.6 is 0 Å². The van der Waals surface area contributed by atoms with Gasteiger partial charge in [-0.2, -0.15) is 0 Å². The molecule has 1 saturated carbocycles. The lowest BCUT2D eigenvalue weighted by Crippen LogP contribution is -2.39. The number of anilines is 1. The van der Waals surface area contributed by atoms with Gasteiger partial charge in [0.2, 0.25) is 12.3 Å². The fourth-order valence-electron chi connectivity index (χ4n) is 6.17. The van der Waals surface area contributed by atoms with Crippen molar-refractivity contribution in [3.63, 3.8) is 0 Å². The maximum atomic E-state index is 14.4. The van der Waals surface area contributed by atoms with E-state index in [0.29, 0.717) is 49.9 Å². The number of ether oxygens (including phenoxy) is 3. The number of carbonyl (C=O) groups excluding carboxylic acids is 2. The molecule has 2 aliphatic rings. The zero-order chi connectivity index (χ0) is 31.6. The number of aromatic nitrogens is 3. The molecule has 5 rings (SSSR count). The van der Waals surface area contributed by atoms with Gasteiger partial charge in [0.05, 0.1) is 12.3 Å². The summed E-state index contributed by atoms with van der Waals surface area (Å²) < 4.78 is 19.8. The molecule has 3 heterocycles. The van der Waals surface area contributed by atoms with E-state index in [0.717, 1.165) is 55.5 Å². The Balaban J connectivity index is 1.45. The molecule has 0 radical (unpaired) electrons. The summed E-state index contributed by atoms with van der Waals surface area (Å²) in [7, 11) is 0. The average molecular weight is 618 g/mol. The van der Waals surface area contributed by atoms with Crippen molar-refractivity contribution in [3.8, 4) is 17.3 Å². The summed E-state index contributed by atoms with van der Waals surface area (Å²) in [6.45, 7) is 8.01. The van der Waals surface area contributed by atoms with Crippen LogP contribution in [-0.2, 0) is 20.8 Å². The number of imidazole rings is 1. The van der Waals surface area contributed by atoms with Crippen LogP contribution in [0.3, 0.4) is 0 Å². The van der Waals surface area contributed by atoms with Crippen LogP contribution in [0.1, 0.15) is 93.4 Å². The van der Waals surface area contributed by atoms with E-state index in [1.54, 1.807) is 0 Å². The summed E-state index contributed by atoms with van der Waals surface area (Å²) in [6, 6.07) is 13.7. The lowest BCUT2D eigenvalue weighted by molar-refractivity contribution is -0.163. The summed E-state index contributed by atoms with van der Waals surface area (Å²) in [5, 5.41) is 2.72. The van der Waals surface area contributed by atoms with Gasteiger partial charge in [-0.05, 0) is 83.8 Å². The maximum absolute atomic E-state index is 14.4. The highest BCUT2D eigenvalue weighted by Gasteiger charge is 2.30. The van der Waals surface area contributed by atoms with Crippen LogP contribution in [0.15, 0.2) is 42.5 Å². The molecule has 1 N–H and O–H groups in total. The Labute approximate surface area is 266 Å². The molecule has 10 heteroatoms. The van der Waals surface area contributed by atoms with E-state index in [2.05, 4.69) is 5.32 Å². The molecule has 2 aromatic heterocycles. The highest BCUT2D eigenvalue weighted by Crippen LogP contribution is 2.32. The molecule has 3 aromatic rings. The van der Waals surface area contributed by atoms with Gasteiger partial charge in [0.15, 0.2) is 17.8 Å². The lowest BCUT2D eigenvalue weighted by Gasteiger charge is -2.28.